The predicted molar refractivity (Wildman–Crippen MR) is 281 cm³/mol. The lowest BCUT2D eigenvalue weighted by Crippen LogP contribution is -2.52. The number of likely N-dealkylation sites (N-methyl/N-ethyl adjacent to an activating group) is 1. The lowest BCUT2D eigenvalue weighted by molar-refractivity contribution is 0.0378. The molecule has 2 aliphatic rings. The number of aromatic nitrogens is 6. The van der Waals surface area contributed by atoms with Crippen molar-refractivity contribution in [1.29, 1.82) is 0 Å². The number of rotatable bonds is 19. The second kappa shape index (κ2) is 24.6. The molecule has 0 spiro atoms. The van der Waals surface area contributed by atoms with Crippen molar-refractivity contribution >= 4 is 46.4 Å². The van der Waals surface area contributed by atoms with Crippen LogP contribution in [-0.4, -0.2) is 146 Å². The molecular weight excluding hydrogens is 973 g/mol. The number of anilines is 4. The third-order valence-corrected chi connectivity index (χ3v) is 12.3. The smallest absolute Gasteiger partial charge is 0.399 e. The number of methoxy groups -OCH3 is 4. The Bertz CT molecular complexity index is 2790. The third kappa shape index (κ3) is 14.7. The number of nitrogens with zero attached hydrogens (tertiary/aromatic N) is 8. The summed E-state index contributed by atoms with van der Waals surface area (Å²) in [5, 5.41) is 13.9. The van der Waals surface area contributed by atoms with Crippen molar-refractivity contribution in [2.75, 3.05) is 109 Å². The van der Waals surface area contributed by atoms with E-state index in [-0.39, 0.29) is 69.2 Å². The molecule has 0 atom stereocenters. The predicted octanol–water partition coefficient (Wildman–Crippen LogP) is 7.98. The second-order valence-electron chi connectivity index (χ2n) is 19.3. The Morgan fingerprint density at radius 1 is 0.703 bits per heavy atom. The summed E-state index contributed by atoms with van der Waals surface area (Å²) >= 11 is 1.23. The van der Waals surface area contributed by atoms with E-state index in [1.165, 1.54) is 46.0 Å². The lowest BCUT2D eigenvalue weighted by Gasteiger charge is -2.36. The Balaban J connectivity index is 0.000000217. The van der Waals surface area contributed by atoms with E-state index in [4.69, 9.17) is 37.6 Å². The summed E-state index contributed by atoms with van der Waals surface area (Å²) in [6, 6.07) is 15.7. The van der Waals surface area contributed by atoms with Crippen LogP contribution in [0.3, 0.4) is 0 Å². The summed E-state index contributed by atoms with van der Waals surface area (Å²) in [5.41, 5.74) is 2.79. The van der Waals surface area contributed by atoms with E-state index in [1.54, 1.807) is 11.4 Å². The molecule has 4 N–H and O–H groups in total. The molecule has 2 fully saturated rings. The fourth-order valence-corrected chi connectivity index (χ4v) is 8.18. The van der Waals surface area contributed by atoms with Gasteiger partial charge in [0.15, 0.2) is 17.1 Å². The number of carbonyl (C=O) groups is 2. The molecule has 2 aliphatic heterocycles. The summed E-state index contributed by atoms with van der Waals surface area (Å²) in [6.07, 6.45) is 2.06. The highest BCUT2D eigenvalue weighted by molar-refractivity contribution is 7.11. The molecule has 0 saturated carbocycles. The van der Waals surface area contributed by atoms with E-state index in [9.17, 15) is 9.59 Å². The van der Waals surface area contributed by atoms with Crippen LogP contribution in [0.25, 0.3) is 0 Å². The normalized spacial score (nSPS) is 14.1. The molecule has 8 rings (SSSR count). The summed E-state index contributed by atoms with van der Waals surface area (Å²) < 4.78 is 44.0. The first-order valence-electron chi connectivity index (χ1n) is 24.0. The number of thiazole rings is 1. The van der Waals surface area contributed by atoms with Crippen LogP contribution in [0.2, 0.25) is 0 Å². The fraction of sp³-hybridized carbons (Fsp3) is 0.451. The maximum absolute atomic E-state index is 13.0. The number of hydrogen-bond donors (Lipinski definition) is 4. The molecule has 23 heteroatoms. The van der Waals surface area contributed by atoms with Crippen LogP contribution in [0, 0.1) is 0 Å². The first kappa shape index (κ1) is 54.4. The van der Waals surface area contributed by atoms with Crippen LogP contribution in [0.5, 0.6) is 46.3 Å². The van der Waals surface area contributed by atoms with E-state index in [0.717, 1.165) is 63.5 Å². The van der Waals surface area contributed by atoms with Gasteiger partial charge in [-0.05, 0) is 66.2 Å². The van der Waals surface area contributed by atoms with E-state index >= 15 is 0 Å². The van der Waals surface area contributed by atoms with E-state index in [1.807, 2.05) is 43.4 Å². The standard InChI is InChI=1S/C27H36N6O6.C24H30N6O4S/c1-27(2,3)18-8-6-9-19(16-18)39-26-29-20(17-38-26)22(34)30-21-23(35-4)31-25(32-24(21)36-5)28-10-7-11-33-12-14-37-15-13-33;1-24(2,3)14-8-7-9-16(10-14)34-23-26-17(13-35-23)19(31)27-18-20(32-5)28-22(29-21(18)33-6)25-15-11-30(4)12-15/h6,8-9,16-17H,7,10-15H2,1-5H3,(H,30,34)(H,28,31,32);7-10,13,15H,11-12H2,1-6H3,(H,27,31)(H,25,28,29). The lowest BCUT2D eigenvalue weighted by atomic mass is 9.87. The molecule has 0 radical (unpaired) electrons. The Morgan fingerprint density at radius 2 is 1.23 bits per heavy atom. The average Bonchev–Trinajstić information content (AvgIpc) is 4.06. The largest absolute Gasteiger partial charge is 0.479 e. The molecule has 2 amide bonds. The molecule has 2 aromatic carbocycles. The number of ether oxygens (including phenoxy) is 7. The Labute approximate surface area is 434 Å². The number of amides is 2. The van der Waals surface area contributed by atoms with E-state index < -0.39 is 11.8 Å². The highest BCUT2D eigenvalue weighted by Crippen LogP contribution is 2.36. The van der Waals surface area contributed by atoms with Crippen molar-refractivity contribution < 1.29 is 47.2 Å². The molecule has 4 aromatic heterocycles. The molecule has 6 aromatic rings. The van der Waals surface area contributed by atoms with Crippen LogP contribution < -0.4 is 49.7 Å². The maximum Gasteiger partial charge on any atom is 0.399 e. The van der Waals surface area contributed by atoms with Gasteiger partial charge in [-0.25, -0.2) is 0 Å². The zero-order valence-electron chi connectivity index (χ0n) is 43.8. The van der Waals surface area contributed by atoms with Crippen LogP contribution in [0.4, 0.5) is 23.3 Å². The monoisotopic (exact) mass is 1040 g/mol. The van der Waals surface area contributed by atoms with Crippen LogP contribution in [-0.2, 0) is 15.6 Å². The maximum atomic E-state index is 13.0. The molecule has 0 bridgehead atoms. The number of oxazole rings is 1. The number of morpholine rings is 1. The van der Waals surface area contributed by atoms with Gasteiger partial charge in [-0.3, -0.25) is 14.5 Å². The molecule has 396 valence electrons. The van der Waals surface area contributed by atoms with Crippen LogP contribution in [0.1, 0.15) is 80.1 Å². The quantitative estimate of drug-likeness (QED) is 0.0562. The minimum atomic E-state index is -0.566. The summed E-state index contributed by atoms with van der Waals surface area (Å²) in [4.78, 5) is 56.5. The molecule has 2 saturated heterocycles. The number of benzene rings is 2. The van der Waals surface area contributed by atoms with Gasteiger partial charge in [-0.15, -0.1) is 0 Å². The topological polar surface area (TPSA) is 244 Å². The van der Waals surface area contributed by atoms with Crippen molar-refractivity contribution in [3.8, 4) is 46.3 Å². The molecular formula is C51H66N12O10S. The van der Waals surface area contributed by atoms with Gasteiger partial charge >= 0.3 is 6.08 Å². The van der Waals surface area contributed by atoms with Crippen molar-refractivity contribution in [1.82, 2.24) is 39.7 Å². The first-order chi connectivity index (χ1) is 35.4. The molecule has 74 heavy (non-hydrogen) atoms. The van der Waals surface area contributed by atoms with Crippen LogP contribution in [0.15, 0.2) is 64.6 Å². The summed E-state index contributed by atoms with van der Waals surface area (Å²) in [7, 11) is 7.88. The van der Waals surface area contributed by atoms with Gasteiger partial charge < -0.3 is 63.7 Å². The Morgan fingerprint density at radius 3 is 1.76 bits per heavy atom. The van der Waals surface area contributed by atoms with E-state index in [0.29, 0.717) is 35.1 Å². The van der Waals surface area contributed by atoms with Gasteiger partial charge in [0.2, 0.25) is 35.4 Å². The number of carbonyl (C=O) groups excluding carboxylic acids is 2. The third-order valence-electron chi connectivity index (χ3n) is 11.6. The number of hydrogen-bond acceptors (Lipinski definition) is 21. The minimum absolute atomic E-state index is 0.00592. The van der Waals surface area contributed by atoms with E-state index in [2.05, 4.69) is 109 Å². The fourth-order valence-electron chi connectivity index (χ4n) is 7.52. The van der Waals surface area contributed by atoms with Gasteiger partial charge in [-0.2, -0.15) is 29.9 Å². The van der Waals surface area contributed by atoms with Gasteiger partial charge in [0.05, 0.1) is 47.7 Å². The van der Waals surface area contributed by atoms with Crippen LogP contribution >= 0.6 is 11.3 Å². The highest BCUT2D eigenvalue weighted by atomic mass is 32.1. The van der Waals surface area contributed by atoms with Gasteiger partial charge in [-0.1, -0.05) is 77.1 Å². The Hall–Kier alpha value is -7.34. The van der Waals surface area contributed by atoms with Crippen molar-refractivity contribution in [3.05, 3.63) is 82.7 Å². The van der Waals surface area contributed by atoms with Gasteiger partial charge in [0.25, 0.3) is 17.0 Å². The summed E-state index contributed by atoms with van der Waals surface area (Å²) in [6.45, 7) is 19.6. The van der Waals surface area contributed by atoms with Gasteiger partial charge in [0.1, 0.15) is 23.5 Å². The zero-order valence-corrected chi connectivity index (χ0v) is 44.6. The second-order valence-corrected chi connectivity index (χ2v) is 20.2. The van der Waals surface area contributed by atoms with Crippen molar-refractivity contribution in [3.63, 3.8) is 0 Å². The highest BCUT2D eigenvalue weighted by Gasteiger charge is 2.27. The zero-order chi connectivity index (χ0) is 53.0. The average molecular weight is 1040 g/mol. The number of nitrogens with one attached hydrogen (secondary N) is 4. The van der Waals surface area contributed by atoms with Crippen molar-refractivity contribution in [2.24, 2.45) is 0 Å². The van der Waals surface area contributed by atoms with Crippen molar-refractivity contribution in [2.45, 2.75) is 64.8 Å². The molecule has 6 heterocycles. The Kier molecular flexibility index (Phi) is 18.1. The van der Waals surface area contributed by atoms with Gasteiger partial charge in [0, 0.05) is 38.1 Å². The minimum Gasteiger partial charge on any atom is -0.479 e. The first-order valence-corrected chi connectivity index (χ1v) is 24.9. The molecule has 0 unspecified atom stereocenters. The molecule has 22 nitrogen and oxygen atoms in total. The molecule has 0 aliphatic carbocycles. The number of likely N-dealkylation sites (tertiary alicyclic amines) is 1. The summed E-state index contributed by atoms with van der Waals surface area (Å²) in [5.74, 6) is 1.56. The SMILES string of the molecule is COc1nc(NC2CN(C)C2)nc(OC)c1NC(=O)c1csc(Oc2cccc(C(C)(C)C)c2)n1.COc1nc(NCCCN2CCOCC2)nc(OC)c1NC(=O)c1coc(Oc2cccc(C(C)(C)C)c2)n1.